The first-order chi connectivity index (χ1) is 6.50. The third-order valence-corrected chi connectivity index (χ3v) is 1.64. The molecule has 0 saturated carbocycles. The predicted octanol–water partition coefficient (Wildman–Crippen LogP) is 2.81. The topological polar surface area (TPSA) is 49.8 Å². The molecule has 0 fully saturated rings. The molecule has 6 heteroatoms. The minimum absolute atomic E-state index is 0.235. The molecule has 1 aromatic rings. The summed E-state index contributed by atoms with van der Waals surface area (Å²) in [6, 6.07) is 4.37. The molecular formula is C8H5Cl2FO3. The Labute approximate surface area is 89.0 Å². The molecule has 0 aliphatic carbocycles. The number of rotatable bonds is 1. The zero-order valence-electron chi connectivity index (χ0n) is 6.71. The maximum Gasteiger partial charge on any atom is 0.337 e. The molecule has 0 saturated heterocycles. The van der Waals surface area contributed by atoms with Crippen LogP contribution in [0.1, 0.15) is 0 Å². The summed E-state index contributed by atoms with van der Waals surface area (Å²) in [6.45, 7) is 0. The van der Waals surface area contributed by atoms with Crippen LogP contribution in [-0.4, -0.2) is 15.9 Å². The number of hydrogen-bond acceptors (Lipinski definition) is 2. The van der Waals surface area contributed by atoms with Crippen molar-refractivity contribution in [1.82, 2.24) is 0 Å². The van der Waals surface area contributed by atoms with Gasteiger partial charge in [-0.2, -0.15) is 0 Å². The molecule has 0 amide bonds. The molecule has 1 aliphatic heterocycles. The Morgan fingerprint density at radius 3 is 2.36 bits per heavy atom. The Bertz CT molecular complexity index is 354. The van der Waals surface area contributed by atoms with Crippen LogP contribution in [0.3, 0.4) is 0 Å². The standard InChI is InChI=1S/C6H3FO.C2H2Cl2O2/c7-4-1-2-5-6(3-4)8-5;3-1(4)2(5)6/h1-3H;1H,(H,5,6). The molecule has 14 heavy (non-hydrogen) atoms. The van der Waals surface area contributed by atoms with Gasteiger partial charge in [-0.3, -0.25) is 0 Å². The number of alkyl halides is 2. The molecule has 1 aromatic carbocycles. The number of fused-ring (bicyclic) bond motifs is 1. The molecule has 0 atom stereocenters. The number of ether oxygens (including phenoxy) is 1. The van der Waals surface area contributed by atoms with Crippen molar-refractivity contribution < 1.29 is 19.0 Å². The van der Waals surface area contributed by atoms with E-state index < -0.39 is 10.8 Å². The highest BCUT2D eigenvalue weighted by Crippen LogP contribution is 2.44. The molecular weight excluding hydrogens is 234 g/mol. The van der Waals surface area contributed by atoms with Gasteiger partial charge in [0.15, 0.2) is 11.5 Å². The molecule has 0 radical (unpaired) electrons. The summed E-state index contributed by atoms with van der Waals surface area (Å²) in [5, 5.41) is 7.73. The maximum atomic E-state index is 12.1. The van der Waals surface area contributed by atoms with E-state index >= 15 is 0 Å². The summed E-state index contributed by atoms with van der Waals surface area (Å²) in [7, 11) is 0. The number of halogens is 3. The van der Waals surface area contributed by atoms with Gasteiger partial charge in [0, 0.05) is 6.07 Å². The van der Waals surface area contributed by atoms with Crippen molar-refractivity contribution in [1.29, 1.82) is 0 Å². The zero-order valence-corrected chi connectivity index (χ0v) is 8.22. The predicted molar refractivity (Wildman–Crippen MR) is 49.6 cm³/mol. The van der Waals surface area contributed by atoms with E-state index in [2.05, 4.69) is 0 Å². The van der Waals surface area contributed by atoms with Gasteiger partial charge < -0.3 is 9.84 Å². The quantitative estimate of drug-likeness (QED) is 0.614. The highest BCUT2D eigenvalue weighted by Gasteiger charge is 2.18. The van der Waals surface area contributed by atoms with Crippen molar-refractivity contribution in [2.24, 2.45) is 0 Å². The van der Waals surface area contributed by atoms with E-state index in [1.165, 1.54) is 12.1 Å². The molecule has 76 valence electrons. The average Bonchev–Trinajstić information content (AvgIpc) is 2.83. The normalized spacial score (nSPS) is 10.9. The van der Waals surface area contributed by atoms with Crippen LogP contribution in [0.4, 0.5) is 4.39 Å². The number of benzene rings is 1. The minimum atomic E-state index is -1.29. The number of carbonyl (C=O) groups is 1. The van der Waals surface area contributed by atoms with Crippen molar-refractivity contribution in [3.8, 4) is 11.5 Å². The number of carboxylic acids is 1. The van der Waals surface area contributed by atoms with Crippen LogP contribution >= 0.6 is 23.2 Å². The second-order valence-corrected chi connectivity index (χ2v) is 3.43. The van der Waals surface area contributed by atoms with Crippen LogP contribution in [0, 0.1) is 5.82 Å². The highest BCUT2D eigenvalue weighted by atomic mass is 35.5. The van der Waals surface area contributed by atoms with Gasteiger partial charge in [0.1, 0.15) is 5.82 Å². The molecule has 3 nitrogen and oxygen atoms in total. The molecule has 1 N–H and O–H groups in total. The summed E-state index contributed by atoms with van der Waals surface area (Å²) in [5.74, 6) is 0.0241. The average molecular weight is 239 g/mol. The van der Waals surface area contributed by atoms with E-state index in [1.807, 2.05) is 0 Å². The number of aliphatic carboxylic acids is 1. The molecule has 0 aromatic heterocycles. The van der Waals surface area contributed by atoms with E-state index in [4.69, 9.17) is 33.0 Å². The molecule has 0 unspecified atom stereocenters. The fourth-order valence-corrected chi connectivity index (χ4v) is 0.638. The molecule has 2 rings (SSSR count). The second-order valence-electron chi connectivity index (χ2n) is 2.33. The lowest BCUT2D eigenvalue weighted by atomic mass is 10.4. The largest absolute Gasteiger partial charge is 0.479 e. The van der Waals surface area contributed by atoms with Crippen LogP contribution in [-0.2, 0) is 4.79 Å². The lowest BCUT2D eigenvalue weighted by Gasteiger charge is -1.84. The van der Waals surface area contributed by atoms with Gasteiger partial charge in [-0.15, -0.1) is 0 Å². The van der Waals surface area contributed by atoms with Gasteiger partial charge in [-0.25, -0.2) is 9.18 Å². The Morgan fingerprint density at radius 1 is 1.43 bits per heavy atom. The van der Waals surface area contributed by atoms with Crippen LogP contribution in [0.25, 0.3) is 0 Å². The first-order valence-corrected chi connectivity index (χ1v) is 4.36. The lowest BCUT2D eigenvalue weighted by molar-refractivity contribution is -0.135. The van der Waals surface area contributed by atoms with Gasteiger partial charge in [-0.1, -0.05) is 23.2 Å². The van der Waals surface area contributed by atoms with Crippen molar-refractivity contribution in [2.75, 3.05) is 0 Å². The van der Waals surface area contributed by atoms with Gasteiger partial charge in [-0.05, 0) is 12.1 Å². The Balaban J connectivity index is 0.000000149. The Kier molecular flexibility index (Phi) is 3.55. The fraction of sp³-hybridized carbons (Fsp3) is 0.125. The van der Waals surface area contributed by atoms with Crippen molar-refractivity contribution in [2.45, 2.75) is 4.84 Å². The summed E-state index contributed by atoms with van der Waals surface area (Å²) in [4.78, 5) is 8.15. The third kappa shape index (κ3) is 3.40. The molecule has 1 aliphatic rings. The first kappa shape index (κ1) is 11.1. The van der Waals surface area contributed by atoms with Gasteiger partial charge >= 0.3 is 5.97 Å². The molecule has 0 spiro atoms. The first-order valence-electron chi connectivity index (χ1n) is 3.49. The summed E-state index contributed by atoms with van der Waals surface area (Å²) < 4.78 is 16.9. The van der Waals surface area contributed by atoms with E-state index in [0.29, 0.717) is 5.75 Å². The van der Waals surface area contributed by atoms with E-state index in [1.54, 1.807) is 6.07 Å². The van der Waals surface area contributed by atoms with Crippen LogP contribution in [0.15, 0.2) is 18.2 Å². The van der Waals surface area contributed by atoms with Crippen molar-refractivity contribution in [3.05, 3.63) is 24.0 Å². The van der Waals surface area contributed by atoms with Gasteiger partial charge in [0.05, 0.1) is 0 Å². The maximum absolute atomic E-state index is 12.1. The van der Waals surface area contributed by atoms with Crippen molar-refractivity contribution >= 4 is 29.2 Å². The lowest BCUT2D eigenvalue weighted by Crippen LogP contribution is -2.03. The SMILES string of the molecule is Fc1ccc2c(c1)O2.O=C(O)C(Cl)Cl. The number of hydrogen-bond donors (Lipinski definition) is 1. The summed E-state index contributed by atoms with van der Waals surface area (Å²) in [6.07, 6.45) is 0. The Hall–Kier alpha value is -1.000. The van der Waals surface area contributed by atoms with Crippen LogP contribution in [0.5, 0.6) is 11.5 Å². The third-order valence-electron chi connectivity index (χ3n) is 1.27. The summed E-state index contributed by atoms with van der Waals surface area (Å²) in [5.41, 5.74) is 0. The van der Waals surface area contributed by atoms with Gasteiger partial charge in [0.2, 0.25) is 4.84 Å². The van der Waals surface area contributed by atoms with E-state index in [0.717, 1.165) is 5.75 Å². The molecule has 1 heterocycles. The smallest absolute Gasteiger partial charge is 0.337 e. The fourth-order valence-electron chi connectivity index (χ4n) is 0.638. The number of carboxylic acid groups (broad SMARTS) is 1. The summed E-state index contributed by atoms with van der Waals surface area (Å²) >= 11 is 9.56. The van der Waals surface area contributed by atoms with E-state index in [-0.39, 0.29) is 5.82 Å². The van der Waals surface area contributed by atoms with Crippen LogP contribution in [0.2, 0.25) is 0 Å². The Morgan fingerprint density at radius 2 is 2.00 bits per heavy atom. The van der Waals surface area contributed by atoms with E-state index in [9.17, 15) is 9.18 Å². The highest BCUT2D eigenvalue weighted by molar-refractivity contribution is 6.52. The minimum Gasteiger partial charge on any atom is -0.479 e. The monoisotopic (exact) mass is 238 g/mol. The second kappa shape index (κ2) is 4.48. The zero-order chi connectivity index (χ0) is 10.7. The van der Waals surface area contributed by atoms with Crippen LogP contribution < -0.4 is 4.74 Å². The van der Waals surface area contributed by atoms with Gasteiger partial charge in [0.25, 0.3) is 0 Å². The van der Waals surface area contributed by atoms with Crippen molar-refractivity contribution in [3.63, 3.8) is 0 Å². The molecule has 0 bridgehead atoms.